The van der Waals surface area contributed by atoms with Crippen LogP contribution in [0.25, 0.3) is 0 Å². The van der Waals surface area contributed by atoms with Crippen molar-refractivity contribution in [1.82, 2.24) is 4.98 Å². The van der Waals surface area contributed by atoms with Gasteiger partial charge in [0, 0.05) is 23.9 Å². The summed E-state index contributed by atoms with van der Waals surface area (Å²) in [5, 5.41) is 0. The summed E-state index contributed by atoms with van der Waals surface area (Å²) in [6.45, 7) is 4.38. The van der Waals surface area contributed by atoms with Crippen molar-refractivity contribution in [3.05, 3.63) is 29.1 Å². The molecular formula is C16H21N. The summed E-state index contributed by atoms with van der Waals surface area (Å²) in [4.78, 5) is 4.27. The van der Waals surface area contributed by atoms with Crippen LogP contribution in [0.2, 0.25) is 0 Å². The third-order valence-corrected chi connectivity index (χ3v) is 3.57. The van der Waals surface area contributed by atoms with Crippen molar-refractivity contribution in [1.29, 1.82) is 0 Å². The van der Waals surface area contributed by atoms with E-state index in [4.69, 9.17) is 0 Å². The number of hydrogen-bond acceptors (Lipinski definition) is 1. The lowest BCUT2D eigenvalue weighted by molar-refractivity contribution is 0.401. The predicted octanol–water partition coefficient (Wildman–Crippen LogP) is 3.88. The summed E-state index contributed by atoms with van der Waals surface area (Å²) < 4.78 is 0. The highest BCUT2D eigenvalue weighted by Crippen LogP contribution is 2.25. The molecule has 0 N–H and O–H groups in total. The van der Waals surface area contributed by atoms with Crippen LogP contribution >= 0.6 is 0 Å². The quantitative estimate of drug-likeness (QED) is 0.714. The van der Waals surface area contributed by atoms with Crippen LogP contribution in [0, 0.1) is 24.7 Å². The fraction of sp³-hybridized carbons (Fsp3) is 0.562. The number of unbranched alkanes of at least 4 members (excludes halogenated alkanes) is 1. The Kier molecular flexibility index (Phi) is 4.20. The maximum absolute atomic E-state index is 4.27. The zero-order valence-electron chi connectivity index (χ0n) is 10.9. The highest BCUT2D eigenvalue weighted by Gasteiger charge is 2.14. The van der Waals surface area contributed by atoms with E-state index in [1.54, 1.807) is 0 Å². The van der Waals surface area contributed by atoms with Gasteiger partial charge in [-0.3, -0.25) is 4.98 Å². The van der Waals surface area contributed by atoms with Crippen LogP contribution in [0.4, 0.5) is 0 Å². The summed E-state index contributed by atoms with van der Waals surface area (Å²) in [5.74, 6) is 7.39. The van der Waals surface area contributed by atoms with Gasteiger partial charge in [-0.05, 0) is 43.7 Å². The number of rotatable bonds is 3. The molecule has 1 heteroatoms. The largest absolute Gasteiger partial charge is 0.263 e. The molecule has 0 amide bonds. The minimum absolute atomic E-state index is 0.648. The summed E-state index contributed by atoms with van der Waals surface area (Å²) in [7, 11) is 0. The lowest BCUT2D eigenvalue weighted by Gasteiger charge is -2.18. The van der Waals surface area contributed by atoms with Crippen molar-refractivity contribution in [3.63, 3.8) is 0 Å². The molecule has 2 rings (SSSR count). The molecule has 0 spiro atoms. The maximum Gasteiger partial charge on any atom is 0.0463 e. The SMILES string of the molecule is CCCCc1c(C)cncc1C#CC1CCC1. The van der Waals surface area contributed by atoms with Crippen LogP contribution in [-0.2, 0) is 6.42 Å². The van der Waals surface area contributed by atoms with Crippen molar-refractivity contribution >= 4 is 0 Å². The predicted molar refractivity (Wildman–Crippen MR) is 71.8 cm³/mol. The summed E-state index contributed by atoms with van der Waals surface area (Å²) in [6.07, 6.45) is 11.4. The van der Waals surface area contributed by atoms with Gasteiger partial charge in [0.15, 0.2) is 0 Å². The van der Waals surface area contributed by atoms with Crippen molar-refractivity contribution in [2.75, 3.05) is 0 Å². The lowest BCUT2D eigenvalue weighted by atomic mass is 9.86. The van der Waals surface area contributed by atoms with Gasteiger partial charge < -0.3 is 0 Å². The summed E-state index contributed by atoms with van der Waals surface area (Å²) >= 11 is 0. The molecule has 1 heterocycles. The van der Waals surface area contributed by atoms with E-state index >= 15 is 0 Å². The number of pyridine rings is 1. The molecule has 0 atom stereocenters. The Morgan fingerprint density at radius 3 is 2.82 bits per heavy atom. The third-order valence-electron chi connectivity index (χ3n) is 3.57. The molecule has 0 radical (unpaired) electrons. The maximum atomic E-state index is 4.27. The van der Waals surface area contributed by atoms with Gasteiger partial charge in [0.25, 0.3) is 0 Å². The topological polar surface area (TPSA) is 12.9 Å². The molecule has 17 heavy (non-hydrogen) atoms. The van der Waals surface area contributed by atoms with Crippen LogP contribution in [-0.4, -0.2) is 4.98 Å². The van der Waals surface area contributed by atoms with Gasteiger partial charge in [-0.2, -0.15) is 0 Å². The molecule has 0 aromatic carbocycles. The molecule has 90 valence electrons. The summed E-state index contributed by atoms with van der Waals surface area (Å²) in [6, 6.07) is 0. The van der Waals surface area contributed by atoms with E-state index in [2.05, 4.69) is 30.7 Å². The van der Waals surface area contributed by atoms with Crippen molar-refractivity contribution in [2.24, 2.45) is 5.92 Å². The first-order valence-electron chi connectivity index (χ1n) is 6.76. The first kappa shape index (κ1) is 12.2. The van der Waals surface area contributed by atoms with Gasteiger partial charge in [0.05, 0.1) is 0 Å². The molecule has 0 unspecified atom stereocenters. The molecule has 1 aliphatic rings. The minimum atomic E-state index is 0.648. The highest BCUT2D eigenvalue weighted by molar-refractivity contribution is 5.43. The van der Waals surface area contributed by atoms with Gasteiger partial charge >= 0.3 is 0 Å². The Bertz CT molecular complexity index is 433. The van der Waals surface area contributed by atoms with Crippen LogP contribution in [0.3, 0.4) is 0 Å². The van der Waals surface area contributed by atoms with Gasteiger partial charge in [-0.1, -0.05) is 31.6 Å². The normalized spacial score (nSPS) is 14.9. The molecule has 1 aliphatic carbocycles. The van der Waals surface area contributed by atoms with Gasteiger partial charge in [0.1, 0.15) is 0 Å². The Morgan fingerprint density at radius 2 is 2.18 bits per heavy atom. The second-order valence-corrected chi connectivity index (χ2v) is 4.98. The zero-order valence-corrected chi connectivity index (χ0v) is 10.9. The molecule has 1 nitrogen and oxygen atoms in total. The fourth-order valence-electron chi connectivity index (χ4n) is 2.12. The molecular weight excluding hydrogens is 206 g/mol. The van der Waals surface area contributed by atoms with Crippen LogP contribution in [0.1, 0.15) is 55.7 Å². The van der Waals surface area contributed by atoms with Crippen LogP contribution < -0.4 is 0 Å². The number of nitrogens with zero attached hydrogens (tertiary/aromatic N) is 1. The second-order valence-electron chi connectivity index (χ2n) is 4.98. The van der Waals surface area contributed by atoms with Crippen molar-refractivity contribution in [3.8, 4) is 11.8 Å². The van der Waals surface area contributed by atoms with E-state index in [-0.39, 0.29) is 0 Å². The molecule has 1 fully saturated rings. The standard InChI is InChI=1S/C16H21N/c1-3-4-8-16-13(2)11-17-12-15(16)10-9-14-6-5-7-14/h11-12,14H,3-8H2,1-2H3. The highest BCUT2D eigenvalue weighted by atomic mass is 14.6. The Balaban J connectivity index is 2.17. The average Bonchev–Trinajstić information content (AvgIpc) is 2.26. The van der Waals surface area contributed by atoms with Crippen LogP contribution in [0.5, 0.6) is 0 Å². The van der Waals surface area contributed by atoms with E-state index in [0.717, 1.165) is 12.0 Å². The second kappa shape index (κ2) is 5.87. The van der Waals surface area contributed by atoms with E-state index in [1.807, 2.05) is 12.4 Å². The Labute approximate surface area is 105 Å². The Morgan fingerprint density at radius 1 is 1.35 bits per heavy atom. The smallest absolute Gasteiger partial charge is 0.0463 e. The molecule has 0 aliphatic heterocycles. The monoisotopic (exact) mass is 227 g/mol. The number of aryl methyl sites for hydroxylation is 1. The molecule has 1 aromatic rings. The van der Waals surface area contributed by atoms with E-state index in [0.29, 0.717) is 5.92 Å². The molecule has 0 saturated heterocycles. The first-order chi connectivity index (χ1) is 8.31. The van der Waals surface area contributed by atoms with E-state index < -0.39 is 0 Å². The number of hydrogen-bond donors (Lipinski definition) is 0. The zero-order chi connectivity index (χ0) is 12.1. The summed E-state index contributed by atoms with van der Waals surface area (Å²) in [5.41, 5.74) is 3.86. The number of aromatic nitrogens is 1. The minimum Gasteiger partial charge on any atom is -0.263 e. The van der Waals surface area contributed by atoms with Crippen molar-refractivity contribution in [2.45, 2.75) is 52.4 Å². The lowest BCUT2D eigenvalue weighted by Crippen LogP contribution is -2.07. The average molecular weight is 227 g/mol. The van der Waals surface area contributed by atoms with Crippen molar-refractivity contribution < 1.29 is 0 Å². The van der Waals surface area contributed by atoms with E-state index in [1.165, 1.54) is 43.2 Å². The van der Waals surface area contributed by atoms with E-state index in [9.17, 15) is 0 Å². The van der Waals surface area contributed by atoms with Gasteiger partial charge in [0.2, 0.25) is 0 Å². The van der Waals surface area contributed by atoms with Crippen LogP contribution in [0.15, 0.2) is 12.4 Å². The fourth-order valence-corrected chi connectivity index (χ4v) is 2.12. The van der Waals surface area contributed by atoms with Gasteiger partial charge in [-0.25, -0.2) is 0 Å². The van der Waals surface area contributed by atoms with Gasteiger partial charge in [-0.15, -0.1) is 0 Å². The first-order valence-corrected chi connectivity index (χ1v) is 6.76. The molecule has 1 saturated carbocycles. The molecule has 0 bridgehead atoms. The third kappa shape index (κ3) is 3.09. The molecule has 1 aromatic heterocycles. The Hall–Kier alpha value is -1.29.